The molecule has 0 atom stereocenters. The molecule has 1 aromatic heterocycles. The van der Waals surface area contributed by atoms with Gasteiger partial charge in [-0.15, -0.1) is 0 Å². The number of hydrazone groups is 1. The molecular weight excluding hydrogens is 430 g/mol. The minimum absolute atomic E-state index is 0.0765. The summed E-state index contributed by atoms with van der Waals surface area (Å²) in [5, 5.41) is 17.0. The number of aromatic nitrogens is 1. The van der Waals surface area contributed by atoms with Crippen molar-refractivity contribution >= 4 is 50.7 Å². The molecular formula is C26H25N5OS. The van der Waals surface area contributed by atoms with Crippen LogP contribution in [0.25, 0.3) is 17.0 Å². The van der Waals surface area contributed by atoms with Crippen molar-refractivity contribution < 1.29 is 4.79 Å². The monoisotopic (exact) mass is 455 g/mol. The average molecular weight is 456 g/mol. The first-order valence-electron chi connectivity index (χ1n) is 11.0. The summed E-state index contributed by atoms with van der Waals surface area (Å²) >= 11 is 1.36. The molecule has 2 aliphatic heterocycles. The van der Waals surface area contributed by atoms with E-state index in [9.17, 15) is 4.79 Å². The van der Waals surface area contributed by atoms with Crippen molar-refractivity contribution in [1.29, 1.82) is 5.41 Å². The number of amidine groups is 2. The number of nitrogens with zero attached hydrogens (tertiary/aromatic N) is 4. The van der Waals surface area contributed by atoms with E-state index < -0.39 is 5.91 Å². The van der Waals surface area contributed by atoms with Crippen molar-refractivity contribution in [3.8, 4) is 0 Å². The van der Waals surface area contributed by atoms with Crippen LogP contribution in [0.1, 0.15) is 41.3 Å². The number of aliphatic imine (C=N–C) groups is 1. The fourth-order valence-corrected chi connectivity index (χ4v) is 5.14. The van der Waals surface area contributed by atoms with Crippen LogP contribution in [0.4, 0.5) is 0 Å². The van der Waals surface area contributed by atoms with E-state index in [4.69, 9.17) is 5.41 Å². The third kappa shape index (κ3) is 3.72. The van der Waals surface area contributed by atoms with Gasteiger partial charge < -0.3 is 4.57 Å². The number of nitrogens with one attached hydrogen (secondary N) is 1. The van der Waals surface area contributed by atoms with Gasteiger partial charge in [0.05, 0.1) is 5.57 Å². The molecule has 3 aromatic rings. The van der Waals surface area contributed by atoms with Crippen molar-refractivity contribution in [2.75, 3.05) is 0 Å². The minimum Gasteiger partial charge on any atom is -0.340 e. The van der Waals surface area contributed by atoms with E-state index in [0.29, 0.717) is 5.17 Å². The van der Waals surface area contributed by atoms with E-state index in [2.05, 4.69) is 77.9 Å². The van der Waals surface area contributed by atoms with Crippen LogP contribution in [0.3, 0.4) is 0 Å². The second-order valence-electron chi connectivity index (χ2n) is 8.46. The molecule has 166 valence electrons. The molecule has 5 rings (SSSR count). The zero-order chi connectivity index (χ0) is 23.3. The lowest BCUT2D eigenvalue weighted by molar-refractivity contribution is -0.114. The third-order valence-corrected chi connectivity index (χ3v) is 7.09. The number of carbonyl (C=O) groups is 1. The van der Waals surface area contributed by atoms with Gasteiger partial charge in [0.2, 0.25) is 5.17 Å². The first-order chi connectivity index (χ1) is 15.9. The Morgan fingerprint density at radius 3 is 2.64 bits per heavy atom. The van der Waals surface area contributed by atoms with Crippen LogP contribution in [0.5, 0.6) is 0 Å². The summed E-state index contributed by atoms with van der Waals surface area (Å²) in [4.78, 5) is 17.1. The van der Waals surface area contributed by atoms with Gasteiger partial charge in [0.1, 0.15) is 5.04 Å². The van der Waals surface area contributed by atoms with Gasteiger partial charge in [0, 0.05) is 28.7 Å². The van der Waals surface area contributed by atoms with Crippen LogP contribution in [0.15, 0.2) is 58.1 Å². The van der Waals surface area contributed by atoms with E-state index in [0.717, 1.165) is 45.7 Å². The molecule has 0 spiro atoms. The molecule has 0 bridgehead atoms. The Bertz CT molecular complexity index is 1430. The molecule has 0 aliphatic carbocycles. The lowest BCUT2D eigenvalue weighted by Gasteiger charge is -2.20. The van der Waals surface area contributed by atoms with Crippen molar-refractivity contribution in [3.63, 3.8) is 0 Å². The van der Waals surface area contributed by atoms with Gasteiger partial charge >= 0.3 is 0 Å². The fraction of sp³-hybridized carbons (Fsp3) is 0.231. The Hall–Kier alpha value is -3.45. The Labute approximate surface area is 197 Å². The van der Waals surface area contributed by atoms with E-state index in [1.54, 1.807) is 0 Å². The average Bonchev–Trinajstić information content (AvgIpc) is 3.30. The lowest BCUT2D eigenvalue weighted by Crippen LogP contribution is -2.35. The molecule has 33 heavy (non-hydrogen) atoms. The number of aryl methyl sites for hydroxylation is 2. The summed E-state index contributed by atoms with van der Waals surface area (Å²) in [6.07, 6.45) is 2.56. The normalized spacial score (nSPS) is 17.1. The molecule has 0 saturated heterocycles. The van der Waals surface area contributed by atoms with Gasteiger partial charge in [-0.05, 0) is 62.7 Å². The first-order valence-corrected chi connectivity index (χ1v) is 11.8. The number of hydrogen-bond donors (Lipinski definition) is 1. The lowest BCUT2D eigenvalue weighted by atomic mass is 10.0. The van der Waals surface area contributed by atoms with Crippen molar-refractivity contribution in [1.82, 2.24) is 9.58 Å². The minimum atomic E-state index is -0.391. The summed E-state index contributed by atoms with van der Waals surface area (Å²) in [7, 11) is 0. The summed E-state index contributed by atoms with van der Waals surface area (Å²) < 4.78 is 2.28. The van der Waals surface area contributed by atoms with Crippen LogP contribution in [0, 0.1) is 26.2 Å². The molecule has 0 unspecified atom stereocenters. The number of hydrogen-bond acceptors (Lipinski definition) is 4. The Morgan fingerprint density at radius 1 is 1.09 bits per heavy atom. The van der Waals surface area contributed by atoms with Crippen LogP contribution >= 0.6 is 11.8 Å². The molecule has 2 aromatic carbocycles. The Kier molecular flexibility index (Phi) is 5.29. The quantitative estimate of drug-likeness (QED) is 0.517. The largest absolute Gasteiger partial charge is 0.340 e. The SMILES string of the molecule is CCC1=NN2C(=N)/C(=C\c3c(C)n(Cc4cccc(C)c4)c4ccc(C)cc34)C(=O)N=C2S1. The summed E-state index contributed by atoms with van der Waals surface area (Å²) in [6.45, 7) is 8.97. The number of benzene rings is 2. The first kappa shape index (κ1) is 21.4. The molecule has 0 saturated carbocycles. The van der Waals surface area contributed by atoms with Gasteiger partial charge in [-0.3, -0.25) is 10.2 Å². The van der Waals surface area contributed by atoms with Crippen LogP contribution in [-0.2, 0) is 11.3 Å². The second-order valence-corrected chi connectivity index (χ2v) is 9.50. The smallest absolute Gasteiger partial charge is 0.283 e. The van der Waals surface area contributed by atoms with E-state index in [-0.39, 0.29) is 11.4 Å². The van der Waals surface area contributed by atoms with Crippen LogP contribution in [-0.4, -0.2) is 31.5 Å². The summed E-state index contributed by atoms with van der Waals surface area (Å²) in [5.41, 5.74) is 6.96. The molecule has 7 heteroatoms. The highest BCUT2D eigenvalue weighted by Crippen LogP contribution is 2.33. The van der Waals surface area contributed by atoms with E-state index in [1.807, 2.05) is 13.0 Å². The highest BCUT2D eigenvalue weighted by atomic mass is 32.2. The maximum atomic E-state index is 12.9. The highest BCUT2D eigenvalue weighted by Gasteiger charge is 2.35. The molecule has 0 fully saturated rings. The van der Waals surface area contributed by atoms with E-state index in [1.165, 1.54) is 27.9 Å². The third-order valence-electron chi connectivity index (χ3n) is 6.04. The van der Waals surface area contributed by atoms with Crippen molar-refractivity contribution in [2.24, 2.45) is 10.1 Å². The molecule has 2 aliphatic rings. The zero-order valence-corrected chi connectivity index (χ0v) is 20.0. The second kappa shape index (κ2) is 8.15. The zero-order valence-electron chi connectivity index (χ0n) is 19.1. The van der Waals surface area contributed by atoms with Gasteiger partial charge in [0.25, 0.3) is 5.91 Å². The van der Waals surface area contributed by atoms with Gasteiger partial charge in [0.15, 0.2) is 5.84 Å². The van der Waals surface area contributed by atoms with Gasteiger partial charge in [-0.25, -0.2) is 0 Å². The summed E-state index contributed by atoms with van der Waals surface area (Å²) in [5.74, 6) is -0.314. The molecule has 3 heterocycles. The Morgan fingerprint density at radius 2 is 1.88 bits per heavy atom. The maximum Gasteiger partial charge on any atom is 0.283 e. The van der Waals surface area contributed by atoms with Gasteiger partial charge in [-0.2, -0.15) is 15.1 Å². The molecule has 1 amide bonds. The number of carbonyl (C=O) groups excluding carboxylic acids is 1. The number of thioether (sulfide) groups is 1. The number of rotatable bonds is 4. The van der Waals surface area contributed by atoms with Crippen LogP contribution in [0.2, 0.25) is 0 Å². The number of amides is 1. The number of fused-ring (bicyclic) bond motifs is 2. The summed E-state index contributed by atoms with van der Waals surface area (Å²) in [6, 6.07) is 14.9. The molecule has 1 N–H and O–H groups in total. The van der Waals surface area contributed by atoms with Crippen molar-refractivity contribution in [2.45, 2.75) is 40.7 Å². The van der Waals surface area contributed by atoms with Gasteiger partial charge in [-0.1, -0.05) is 48.4 Å². The highest BCUT2D eigenvalue weighted by molar-refractivity contribution is 8.26. The predicted octanol–water partition coefficient (Wildman–Crippen LogP) is 5.64. The molecule has 6 nitrogen and oxygen atoms in total. The molecule has 0 radical (unpaired) electrons. The predicted molar refractivity (Wildman–Crippen MR) is 137 cm³/mol. The maximum absolute atomic E-state index is 12.9. The van der Waals surface area contributed by atoms with E-state index >= 15 is 0 Å². The topological polar surface area (TPSA) is 73.8 Å². The standard InChI is InChI=1S/C26H25N5OS/c1-5-23-29-31-24(27)21(25(32)28-26(31)33-23)13-19-17(4)30(14-18-8-6-7-15(2)11-18)22-10-9-16(3)12-20(19)22/h6-13,27H,5,14H2,1-4H3/b21-13+,27-24?. The van der Waals surface area contributed by atoms with Crippen molar-refractivity contribution in [3.05, 3.63) is 76.0 Å². The fourth-order valence-electron chi connectivity index (χ4n) is 4.32. The van der Waals surface area contributed by atoms with Crippen LogP contribution < -0.4 is 0 Å². The Balaban J connectivity index is 1.64.